The molecule has 0 aromatic carbocycles. The van der Waals surface area contributed by atoms with Crippen molar-refractivity contribution in [2.24, 2.45) is 7.05 Å². The van der Waals surface area contributed by atoms with E-state index in [4.69, 9.17) is 9.84 Å². The van der Waals surface area contributed by atoms with E-state index in [2.05, 4.69) is 15.4 Å². The summed E-state index contributed by atoms with van der Waals surface area (Å²) in [5.74, 6) is -0.547. The van der Waals surface area contributed by atoms with Crippen LogP contribution in [0.3, 0.4) is 0 Å². The summed E-state index contributed by atoms with van der Waals surface area (Å²) in [6.07, 6.45) is 3.92. The lowest BCUT2D eigenvalue weighted by Gasteiger charge is -2.04. The van der Waals surface area contributed by atoms with Crippen molar-refractivity contribution in [3.8, 4) is 11.3 Å². The first kappa shape index (κ1) is 13.2. The molecule has 19 heavy (non-hydrogen) atoms. The number of rotatable bonds is 5. The Morgan fingerprint density at radius 2 is 2.32 bits per heavy atom. The van der Waals surface area contributed by atoms with E-state index in [1.54, 1.807) is 28.8 Å². The van der Waals surface area contributed by atoms with E-state index < -0.39 is 5.97 Å². The second-order valence-electron chi connectivity index (χ2n) is 3.98. The van der Waals surface area contributed by atoms with Crippen molar-refractivity contribution in [2.45, 2.75) is 13.0 Å². The molecule has 0 saturated heterocycles. The number of aromatic nitrogens is 5. The van der Waals surface area contributed by atoms with Gasteiger partial charge in [0.1, 0.15) is 5.69 Å². The van der Waals surface area contributed by atoms with Crippen LogP contribution in [0, 0.1) is 0 Å². The topological polar surface area (TPSA) is 95.1 Å². The molecule has 8 heteroatoms. The highest BCUT2D eigenvalue weighted by atomic mass is 16.5. The van der Waals surface area contributed by atoms with Gasteiger partial charge in [0.15, 0.2) is 5.69 Å². The molecular formula is C11H15N5O3. The van der Waals surface area contributed by atoms with Gasteiger partial charge in [-0.15, -0.1) is 5.10 Å². The highest BCUT2D eigenvalue weighted by Gasteiger charge is 2.22. The Hall–Kier alpha value is -2.22. The predicted molar refractivity (Wildman–Crippen MR) is 65.3 cm³/mol. The van der Waals surface area contributed by atoms with Gasteiger partial charge in [-0.3, -0.25) is 4.68 Å². The number of aliphatic hydroxyl groups is 1. The van der Waals surface area contributed by atoms with Gasteiger partial charge in [-0.1, -0.05) is 5.21 Å². The fourth-order valence-electron chi connectivity index (χ4n) is 1.75. The van der Waals surface area contributed by atoms with Crippen LogP contribution in [0.2, 0.25) is 0 Å². The lowest BCUT2D eigenvalue weighted by Crippen LogP contribution is -2.07. The summed E-state index contributed by atoms with van der Waals surface area (Å²) in [5.41, 5.74) is 1.42. The molecule has 0 atom stereocenters. The van der Waals surface area contributed by atoms with Crippen LogP contribution in [-0.4, -0.2) is 49.6 Å². The van der Waals surface area contributed by atoms with Gasteiger partial charge in [0, 0.05) is 32.0 Å². The molecule has 0 aliphatic carbocycles. The normalized spacial score (nSPS) is 10.7. The molecule has 102 valence electrons. The van der Waals surface area contributed by atoms with Gasteiger partial charge >= 0.3 is 5.97 Å². The Labute approximate surface area is 109 Å². The molecule has 0 aliphatic rings. The summed E-state index contributed by atoms with van der Waals surface area (Å²) in [4.78, 5) is 11.7. The average molecular weight is 265 g/mol. The van der Waals surface area contributed by atoms with Gasteiger partial charge in [0.25, 0.3) is 0 Å². The molecule has 0 amide bonds. The molecule has 0 bridgehead atoms. The van der Waals surface area contributed by atoms with Gasteiger partial charge in [0.05, 0.1) is 13.3 Å². The Morgan fingerprint density at radius 1 is 1.53 bits per heavy atom. The van der Waals surface area contributed by atoms with Crippen molar-refractivity contribution in [1.29, 1.82) is 0 Å². The zero-order valence-corrected chi connectivity index (χ0v) is 10.8. The van der Waals surface area contributed by atoms with Crippen LogP contribution >= 0.6 is 0 Å². The smallest absolute Gasteiger partial charge is 0.360 e. The van der Waals surface area contributed by atoms with E-state index in [-0.39, 0.29) is 12.3 Å². The third-order valence-electron chi connectivity index (χ3n) is 2.62. The Balaban J connectivity index is 2.46. The quantitative estimate of drug-likeness (QED) is 0.755. The van der Waals surface area contributed by atoms with Crippen LogP contribution in [0.5, 0.6) is 0 Å². The van der Waals surface area contributed by atoms with Crippen molar-refractivity contribution in [1.82, 2.24) is 24.8 Å². The van der Waals surface area contributed by atoms with E-state index in [1.807, 2.05) is 0 Å². The summed E-state index contributed by atoms with van der Waals surface area (Å²) >= 11 is 0. The molecule has 0 fully saturated rings. The summed E-state index contributed by atoms with van der Waals surface area (Å²) in [6.45, 7) is 0.505. The van der Waals surface area contributed by atoms with Gasteiger partial charge < -0.3 is 9.84 Å². The minimum Gasteiger partial charge on any atom is -0.464 e. The Kier molecular flexibility index (Phi) is 3.91. The van der Waals surface area contributed by atoms with Crippen molar-refractivity contribution in [3.63, 3.8) is 0 Å². The maximum atomic E-state index is 11.7. The third-order valence-corrected chi connectivity index (χ3v) is 2.62. The number of hydrogen-bond acceptors (Lipinski definition) is 6. The molecule has 0 unspecified atom stereocenters. The fourth-order valence-corrected chi connectivity index (χ4v) is 1.75. The van der Waals surface area contributed by atoms with Crippen LogP contribution in [0.15, 0.2) is 12.4 Å². The molecule has 2 heterocycles. The van der Waals surface area contributed by atoms with Crippen molar-refractivity contribution >= 4 is 5.97 Å². The van der Waals surface area contributed by atoms with Crippen LogP contribution < -0.4 is 0 Å². The predicted octanol–water partition coefficient (Wildman–Crippen LogP) is -0.152. The summed E-state index contributed by atoms with van der Waals surface area (Å²) < 4.78 is 7.89. The second kappa shape index (κ2) is 5.61. The molecule has 0 spiro atoms. The van der Waals surface area contributed by atoms with Crippen LogP contribution in [0.25, 0.3) is 11.3 Å². The largest absolute Gasteiger partial charge is 0.464 e. The number of aryl methyl sites for hydroxylation is 2. The Morgan fingerprint density at radius 3 is 2.89 bits per heavy atom. The average Bonchev–Trinajstić information content (AvgIpc) is 3.01. The lowest BCUT2D eigenvalue weighted by molar-refractivity contribution is 0.0595. The molecule has 0 saturated carbocycles. The zero-order chi connectivity index (χ0) is 13.8. The molecule has 1 N–H and O–H groups in total. The van der Waals surface area contributed by atoms with Crippen LogP contribution in [0.4, 0.5) is 0 Å². The third kappa shape index (κ3) is 2.63. The van der Waals surface area contributed by atoms with Crippen LogP contribution in [-0.2, 0) is 18.3 Å². The van der Waals surface area contributed by atoms with E-state index in [0.29, 0.717) is 18.7 Å². The van der Waals surface area contributed by atoms with Gasteiger partial charge in [-0.2, -0.15) is 5.10 Å². The summed E-state index contributed by atoms with van der Waals surface area (Å²) in [5, 5.41) is 20.7. The maximum absolute atomic E-state index is 11.7. The molecule has 0 radical (unpaired) electrons. The Bertz CT molecular complexity index is 575. The van der Waals surface area contributed by atoms with Crippen LogP contribution in [0.1, 0.15) is 16.9 Å². The zero-order valence-electron chi connectivity index (χ0n) is 10.8. The summed E-state index contributed by atoms with van der Waals surface area (Å²) in [7, 11) is 3.07. The number of carbonyl (C=O) groups excluding carboxylic acids is 1. The number of methoxy groups -OCH3 is 1. The minimum absolute atomic E-state index is 0.0416. The number of nitrogens with zero attached hydrogens (tertiary/aromatic N) is 5. The fraction of sp³-hybridized carbons (Fsp3) is 0.455. The van der Waals surface area contributed by atoms with Crippen molar-refractivity contribution in [2.75, 3.05) is 13.7 Å². The van der Waals surface area contributed by atoms with Gasteiger partial charge in [-0.05, 0) is 6.42 Å². The maximum Gasteiger partial charge on any atom is 0.360 e. The number of carbonyl (C=O) groups is 1. The van der Waals surface area contributed by atoms with Gasteiger partial charge in [-0.25, -0.2) is 9.48 Å². The molecule has 2 aromatic heterocycles. The molecule has 2 aromatic rings. The van der Waals surface area contributed by atoms with Gasteiger partial charge in [0.2, 0.25) is 0 Å². The molecular weight excluding hydrogens is 250 g/mol. The first-order chi connectivity index (χ1) is 9.17. The molecule has 0 aliphatic heterocycles. The monoisotopic (exact) mass is 265 g/mol. The number of aliphatic hydroxyl groups excluding tert-OH is 1. The minimum atomic E-state index is -0.547. The SMILES string of the molecule is COC(=O)c1nnn(CCCO)c1-c1cnn(C)c1. The molecule has 8 nitrogen and oxygen atoms in total. The second-order valence-corrected chi connectivity index (χ2v) is 3.98. The molecule has 2 rings (SSSR count). The first-order valence-corrected chi connectivity index (χ1v) is 5.79. The van der Waals surface area contributed by atoms with E-state index in [0.717, 1.165) is 5.56 Å². The summed E-state index contributed by atoms with van der Waals surface area (Å²) in [6, 6.07) is 0. The number of esters is 1. The van der Waals surface area contributed by atoms with Crippen molar-refractivity contribution in [3.05, 3.63) is 18.1 Å². The highest BCUT2D eigenvalue weighted by molar-refractivity contribution is 5.93. The van der Waals surface area contributed by atoms with Crippen molar-refractivity contribution < 1.29 is 14.6 Å². The number of ether oxygens (including phenoxy) is 1. The van der Waals surface area contributed by atoms with E-state index >= 15 is 0 Å². The lowest BCUT2D eigenvalue weighted by atomic mass is 10.2. The number of hydrogen-bond donors (Lipinski definition) is 1. The first-order valence-electron chi connectivity index (χ1n) is 5.79. The van der Waals surface area contributed by atoms with E-state index in [1.165, 1.54) is 7.11 Å². The standard InChI is InChI=1S/C11H15N5O3/c1-15-7-8(6-12-15)10-9(11(18)19-2)13-14-16(10)4-3-5-17/h6-7,17H,3-5H2,1-2H3. The highest BCUT2D eigenvalue weighted by Crippen LogP contribution is 2.22. The van der Waals surface area contributed by atoms with E-state index in [9.17, 15) is 4.79 Å².